The van der Waals surface area contributed by atoms with Crippen LogP contribution in [0, 0.1) is 13.0 Å². The van der Waals surface area contributed by atoms with Crippen molar-refractivity contribution in [3.05, 3.63) is 7.05 Å². The van der Waals surface area contributed by atoms with Crippen molar-refractivity contribution in [1.29, 1.82) is 0 Å². The molecule has 0 amide bonds. The van der Waals surface area contributed by atoms with Crippen LogP contribution >= 0.6 is 0 Å². The fraction of sp³-hybridized carbons (Fsp3) is 0.857. The molecule has 1 rings (SSSR count). The Labute approximate surface area is 56.8 Å². The van der Waals surface area contributed by atoms with E-state index in [1.807, 2.05) is 0 Å². The van der Waals surface area contributed by atoms with Crippen LogP contribution in [-0.4, -0.2) is 31.7 Å². The molecule has 0 spiro atoms. The molecular formula is C7H14NO-. The van der Waals surface area contributed by atoms with E-state index in [1.54, 1.807) is 7.11 Å². The van der Waals surface area contributed by atoms with Gasteiger partial charge in [0.2, 0.25) is 0 Å². The number of rotatable bonds is 3. The standard InChI is InChI=1S/C7H14NO/c1-8-5-7(6-8)3-4-9-2/h7H,1,3-6H2,2H3/q-1. The molecule has 1 fully saturated rings. The summed E-state index contributed by atoms with van der Waals surface area (Å²) < 4.78 is 4.94. The maximum absolute atomic E-state index is 4.94. The summed E-state index contributed by atoms with van der Waals surface area (Å²) in [4.78, 5) is 2.08. The number of hydrogen-bond donors (Lipinski definition) is 0. The predicted molar refractivity (Wildman–Crippen MR) is 36.9 cm³/mol. The van der Waals surface area contributed by atoms with E-state index in [-0.39, 0.29) is 0 Å². The van der Waals surface area contributed by atoms with Gasteiger partial charge in [-0.2, -0.15) is 0 Å². The lowest BCUT2D eigenvalue weighted by Crippen LogP contribution is -2.42. The lowest BCUT2D eigenvalue weighted by Gasteiger charge is -2.43. The molecule has 0 atom stereocenters. The van der Waals surface area contributed by atoms with Crippen LogP contribution in [-0.2, 0) is 4.74 Å². The first-order valence-corrected chi connectivity index (χ1v) is 3.37. The van der Waals surface area contributed by atoms with E-state index in [9.17, 15) is 0 Å². The molecule has 0 aromatic heterocycles. The van der Waals surface area contributed by atoms with Crippen LogP contribution in [0.4, 0.5) is 0 Å². The van der Waals surface area contributed by atoms with Gasteiger partial charge < -0.3 is 9.64 Å². The van der Waals surface area contributed by atoms with Gasteiger partial charge in [0.15, 0.2) is 0 Å². The van der Waals surface area contributed by atoms with E-state index in [0.29, 0.717) is 0 Å². The topological polar surface area (TPSA) is 12.5 Å². The van der Waals surface area contributed by atoms with Crippen LogP contribution in [0.25, 0.3) is 0 Å². The summed E-state index contributed by atoms with van der Waals surface area (Å²) in [5.41, 5.74) is 0. The summed E-state index contributed by atoms with van der Waals surface area (Å²) in [6.07, 6.45) is 1.20. The molecule has 0 bridgehead atoms. The minimum absolute atomic E-state index is 0.849. The van der Waals surface area contributed by atoms with Crippen molar-refractivity contribution in [1.82, 2.24) is 4.90 Å². The number of nitrogens with zero attached hydrogens (tertiary/aromatic N) is 1. The summed E-state index contributed by atoms with van der Waals surface area (Å²) in [5, 5.41) is 0. The minimum atomic E-state index is 0.849. The Morgan fingerprint density at radius 3 is 2.78 bits per heavy atom. The SMILES string of the molecule is [CH2-]N1CC(CCOC)C1. The molecule has 1 aliphatic rings. The normalized spacial score (nSPS) is 22.0. The largest absolute Gasteiger partial charge is 0.459 e. The highest BCUT2D eigenvalue weighted by molar-refractivity contribution is 4.78. The molecule has 54 valence electrons. The maximum atomic E-state index is 4.94. The van der Waals surface area contributed by atoms with Gasteiger partial charge >= 0.3 is 0 Å². The van der Waals surface area contributed by atoms with Crippen LogP contribution < -0.4 is 0 Å². The van der Waals surface area contributed by atoms with Gasteiger partial charge in [0, 0.05) is 13.7 Å². The third kappa shape index (κ3) is 1.95. The average molecular weight is 128 g/mol. The lowest BCUT2D eigenvalue weighted by molar-refractivity contribution is 0.104. The van der Waals surface area contributed by atoms with E-state index in [1.165, 1.54) is 6.42 Å². The number of hydrogen-bond acceptors (Lipinski definition) is 2. The highest BCUT2D eigenvalue weighted by atomic mass is 16.5. The first-order valence-electron chi connectivity index (χ1n) is 3.37. The molecule has 0 radical (unpaired) electrons. The van der Waals surface area contributed by atoms with Gasteiger partial charge in [-0.3, -0.25) is 7.05 Å². The van der Waals surface area contributed by atoms with Crippen molar-refractivity contribution in [2.45, 2.75) is 6.42 Å². The summed E-state index contributed by atoms with van der Waals surface area (Å²) in [5.74, 6) is 0.849. The second-order valence-corrected chi connectivity index (χ2v) is 2.68. The van der Waals surface area contributed by atoms with Gasteiger partial charge in [0.1, 0.15) is 0 Å². The third-order valence-corrected chi connectivity index (χ3v) is 1.76. The molecule has 0 aromatic carbocycles. The molecule has 1 saturated heterocycles. The Kier molecular flexibility index (Phi) is 2.49. The molecule has 1 heterocycles. The molecule has 2 nitrogen and oxygen atoms in total. The van der Waals surface area contributed by atoms with Gasteiger partial charge in [-0.05, 0) is 25.4 Å². The highest BCUT2D eigenvalue weighted by Gasteiger charge is 2.17. The number of methoxy groups -OCH3 is 1. The number of likely N-dealkylation sites (tertiary alicyclic amines) is 1. The molecule has 0 N–H and O–H groups in total. The zero-order valence-electron chi connectivity index (χ0n) is 5.97. The third-order valence-electron chi connectivity index (χ3n) is 1.76. The lowest BCUT2D eigenvalue weighted by atomic mass is 9.98. The van der Waals surface area contributed by atoms with Gasteiger partial charge in [-0.15, -0.1) is 0 Å². The molecule has 9 heavy (non-hydrogen) atoms. The monoisotopic (exact) mass is 128 g/mol. The summed E-state index contributed by atoms with van der Waals surface area (Å²) in [6.45, 7) is 3.21. The smallest absolute Gasteiger partial charge is 0.0465 e. The Morgan fingerprint density at radius 2 is 2.33 bits per heavy atom. The second-order valence-electron chi connectivity index (χ2n) is 2.68. The second kappa shape index (κ2) is 3.18. The summed E-state index contributed by atoms with van der Waals surface area (Å²) in [7, 11) is 5.55. The van der Waals surface area contributed by atoms with Crippen molar-refractivity contribution >= 4 is 0 Å². The first-order chi connectivity index (χ1) is 4.33. The van der Waals surface area contributed by atoms with Crippen LogP contribution in [0.5, 0.6) is 0 Å². The van der Waals surface area contributed by atoms with Gasteiger partial charge in [-0.1, -0.05) is 0 Å². The van der Waals surface area contributed by atoms with Crippen molar-refractivity contribution in [2.24, 2.45) is 5.92 Å². The van der Waals surface area contributed by atoms with Crippen molar-refractivity contribution in [3.63, 3.8) is 0 Å². The Bertz CT molecular complexity index is 79.0. The molecule has 0 aromatic rings. The zero-order chi connectivity index (χ0) is 6.69. The molecular weight excluding hydrogens is 114 g/mol. The van der Waals surface area contributed by atoms with Crippen molar-refractivity contribution in [3.8, 4) is 0 Å². The van der Waals surface area contributed by atoms with Crippen LogP contribution in [0.15, 0.2) is 0 Å². The summed E-state index contributed by atoms with van der Waals surface area (Å²) in [6, 6.07) is 0. The predicted octanol–water partition coefficient (Wildman–Crippen LogP) is 0.746. The van der Waals surface area contributed by atoms with E-state index in [4.69, 9.17) is 4.74 Å². The van der Waals surface area contributed by atoms with Gasteiger partial charge in [0.25, 0.3) is 0 Å². The summed E-state index contributed by atoms with van der Waals surface area (Å²) >= 11 is 0. The van der Waals surface area contributed by atoms with Crippen LogP contribution in [0.1, 0.15) is 6.42 Å². The molecule has 1 aliphatic heterocycles. The Morgan fingerprint density at radius 1 is 1.67 bits per heavy atom. The fourth-order valence-electron chi connectivity index (χ4n) is 1.14. The minimum Gasteiger partial charge on any atom is -0.459 e. The molecule has 2 heteroatoms. The van der Waals surface area contributed by atoms with Crippen LogP contribution in [0.2, 0.25) is 0 Å². The molecule has 0 aliphatic carbocycles. The van der Waals surface area contributed by atoms with Crippen molar-refractivity contribution < 1.29 is 4.74 Å². The number of ether oxygens (including phenoxy) is 1. The quantitative estimate of drug-likeness (QED) is 0.520. The van der Waals surface area contributed by atoms with E-state index < -0.39 is 0 Å². The fourth-order valence-corrected chi connectivity index (χ4v) is 1.14. The van der Waals surface area contributed by atoms with E-state index in [0.717, 1.165) is 25.6 Å². The Hall–Kier alpha value is -0.0800. The van der Waals surface area contributed by atoms with Crippen LogP contribution in [0.3, 0.4) is 0 Å². The Balaban J connectivity index is 1.91. The highest BCUT2D eigenvalue weighted by Crippen LogP contribution is 2.16. The van der Waals surface area contributed by atoms with E-state index >= 15 is 0 Å². The molecule has 0 saturated carbocycles. The first kappa shape index (κ1) is 7.03. The van der Waals surface area contributed by atoms with Gasteiger partial charge in [0.05, 0.1) is 0 Å². The average Bonchev–Trinajstić information content (AvgIpc) is 1.78. The van der Waals surface area contributed by atoms with Crippen molar-refractivity contribution in [2.75, 3.05) is 26.8 Å². The maximum Gasteiger partial charge on any atom is 0.0465 e. The zero-order valence-corrected chi connectivity index (χ0v) is 5.97. The van der Waals surface area contributed by atoms with Gasteiger partial charge in [-0.25, -0.2) is 0 Å². The molecule has 0 unspecified atom stereocenters. The van der Waals surface area contributed by atoms with E-state index in [2.05, 4.69) is 11.9 Å².